The number of rotatable bonds is 5. The Bertz CT molecular complexity index is 301. The van der Waals surface area contributed by atoms with Crippen molar-refractivity contribution >= 4 is 11.9 Å². The van der Waals surface area contributed by atoms with Crippen LogP contribution in [0.2, 0.25) is 0 Å². The van der Waals surface area contributed by atoms with E-state index in [9.17, 15) is 9.59 Å². The molecule has 0 saturated heterocycles. The number of nitrogens with one attached hydrogen (secondary N) is 1. The quantitative estimate of drug-likeness (QED) is 0.793. The van der Waals surface area contributed by atoms with Crippen molar-refractivity contribution in [2.75, 3.05) is 0 Å². The molecule has 1 saturated carbocycles. The molecule has 4 nitrogen and oxygen atoms in total. The summed E-state index contributed by atoms with van der Waals surface area (Å²) in [5.41, 5.74) is 0. The molecule has 3 atom stereocenters. The first kappa shape index (κ1) is 15.0. The number of amides is 1. The molecule has 1 rings (SSSR count). The summed E-state index contributed by atoms with van der Waals surface area (Å²) in [4.78, 5) is 23.3. The fourth-order valence-corrected chi connectivity index (χ4v) is 2.86. The van der Waals surface area contributed by atoms with Gasteiger partial charge in [0.25, 0.3) is 0 Å². The number of hydrogen-bond acceptors (Lipinski definition) is 2. The van der Waals surface area contributed by atoms with Crippen LogP contribution in [0.15, 0.2) is 0 Å². The lowest BCUT2D eigenvalue weighted by atomic mass is 9.78. The first-order chi connectivity index (χ1) is 8.41. The van der Waals surface area contributed by atoms with Crippen molar-refractivity contribution in [3.63, 3.8) is 0 Å². The Labute approximate surface area is 109 Å². The van der Waals surface area contributed by atoms with Crippen LogP contribution in [0.1, 0.15) is 52.9 Å². The molecule has 0 bridgehead atoms. The zero-order valence-electron chi connectivity index (χ0n) is 11.6. The third-order valence-corrected chi connectivity index (χ3v) is 3.63. The lowest BCUT2D eigenvalue weighted by molar-refractivity contribution is -0.149. The summed E-state index contributed by atoms with van der Waals surface area (Å²) >= 11 is 0. The van der Waals surface area contributed by atoms with Crippen molar-refractivity contribution in [3.8, 4) is 0 Å². The molecule has 0 aromatic rings. The van der Waals surface area contributed by atoms with E-state index in [-0.39, 0.29) is 17.9 Å². The fourth-order valence-electron chi connectivity index (χ4n) is 2.86. The van der Waals surface area contributed by atoms with E-state index in [0.29, 0.717) is 18.8 Å². The predicted molar refractivity (Wildman–Crippen MR) is 70.1 cm³/mol. The summed E-state index contributed by atoms with van der Waals surface area (Å²) < 4.78 is 0. The lowest BCUT2D eigenvalue weighted by Crippen LogP contribution is -2.43. The fraction of sp³-hybridized carbons (Fsp3) is 0.857. The largest absolute Gasteiger partial charge is 0.481 e. The van der Waals surface area contributed by atoms with Crippen LogP contribution in [0, 0.1) is 17.8 Å². The molecule has 0 heterocycles. The molecule has 1 fully saturated rings. The summed E-state index contributed by atoms with van der Waals surface area (Å²) in [5.74, 6) is -1.21. The summed E-state index contributed by atoms with van der Waals surface area (Å²) in [6.07, 6.45) is 4.14. The minimum atomic E-state index is -0.827. The molecule has 1 amide bonds. The molecule has 1 aliphatic rings. The van der Waals surface area contributed by atoms with Gasteiger partial charge in [-0.1, -0.05) is 26.7 Å². The highest BCUT2D eigenvalue weighted by Gasteiger charge is 2.35. The monoisotopic (exact) mass is 255 g/mol. The van der Waals surface area contributed by atoms with Gasteiger partial charge in [-0.3, -0.25) is 9.59 Å². The van der Waals surface area contributed by atoms with E-state index in [4.69, 9.17) is 5.11 Å². The van der Waals surface area contributed by atoms with Gasteiger partial charge in [-0.05, 0) is 32.1 Å². The highest BCUT2D eigenvalue weighted by atomic mass is 16.4. The van der Waals surface area contributed by atoms with Crippen LogP contribution in [-0.2, 0) is 9.59 Å². The second-order valence-electron chi connectivity index (χ2n) is 5.87. The van der Waals surface area contributed by atoms with Gasteiger partial charge >= 0.3 is 5.97 Å². The van der Waals surface area contributed by atoms with E-state index in [1.165, 1.54) is 0 Å². The van der Waals surface area contributed by atoms with Crippen molar-refractivity contribution in [1.29, 1.82) is 0 Å². The van der Waals surface area contributed by atoms with Gasteiger partial charge in [0.2, 0.25) is 5.91 Å². The molecule has 0 spiro atoms. The topological polar surface area (TPSA) is 66.4 Å². The number of carbonyl (C=O) groups is 2. The zero-order chi connectivity index (χ0) is 13.7. The van der Waals surface area contributed by atoms with E-state index in [1.807, 2.05) is 6.92 Å². The summed E-state index contributed by atoms with van der Waals surface area (Å²) in [6.45, 7) is 6.21. The van der Waals surface area contributed by atoms with E-state index in [2.05, 4.69) is 19.2 Å². The van der Waals surface area contributed by atoms with Crippen LogP contribution in [-0.4, -0.2) is 23.0 Å². The van der Waals surface area contributed by atoms with Gasteiger partial charge in [-0.25, -0.2) is 0 Å². The Hall–Kier alpha value is -1.06. The smallest absolute Gasteiger partial charge is 0.307 e. The van der Waals surface area contributed by atoms with E-state index in [0.717, 1.165) is 19.3 Å². The number of carbonyl (C=O) groups excluding carboxylic acids is 1. The minimum absolute atomic E-state index is 0.0738. The van der Waals surface area contributed by atoms with Crippen LogP contribution in [0.25, 0.3) is 0 Å². The molecule has 4 heteroatoms. The van der Waals surface area contributed by atoms with Crippen molar-refractivity contribution < 1.29 is 14.7 Å². The maximum atomic E-state index is 12.1. The normalized spacial score (nSPS) is 25.8. The molecular weight excluding hydrogens is 230 g/mol. The Kier molecular flexibility index (Phi) is 5.63. The van der Waals surface area contributed by atoms with Crippen molar-refractivity contribution in [1.82, 2.24) is 5.32 Å². The minimum Gasteiger partial charge on any atom is -0.481 e. The highest BCUT2D eigenvalue weighted by Crippen LogP contribution is 2.30. The molecular formula is C14H25NO3. The summed E-state index contributed by atoms with van der Waals surface area (Å²) in [7, 11) is 0. The number of aliphatic carboxylic acids is 1. The first-order valence-corrected chi connectivity index (χ1v) is 6.95. The average Bonchev–Trinajstić information content (AvgIpc) is 2.27. The molecule has 0 aromatic heterocycles. The summed E-state index contributed by atoms with van der Waals surface area (Å²) in [5, 5.41) is 12.1. The highest BCUT2D eigenvalue weighted by molar-refractivity contribution is 5.85. The van der Waals surface area contributed by atoms with E-state index in [1.54, 1.807) is 0 Å². The number of hydrogen-bond donors (Lipinski definition) is 2. The molecule has 18 heavy (non-hydrogen) atoms. The van der Waals surface area contributed by atoms with E-state index >= 15 is 0 Å². The second-order valence-corrected chi connectivity index (χ2v) is 5.87. The van der Waals surface area contributed by atoms with Crippen molar-refractivity contribution in [2.24, 2.45) is 17.8 Å². The van der Waals surface area contributed by atoms with Gasteiger partial charge < -0.3 is 10.4 Å². The molecule has 0 aliphatic heterocycles. The Morgan fingerprint density at radius 1 is 1.17 bits per heavy atom. The number of carboxylic acid groups (broad SMARTS) is 1. The lowest BCUT2D eigenvalue weighted by Gasteiger charge is -2.29. The van der Waals surface area contributed by atoms with Crippen LogP contribution >= 0.6 is 0 Å². The van der Waals surface area contributed by atoms with Crippen molar-refractivity contribution in [2.45, 2.75) is 58.9 Å². The van der Waals surface area contributed by atoms with Gasteiger partial charge in [0.15, 0.2) is 0 Å². The average molecular weight is 255 g/mol. The molecule has 1 aliphatic carbocycles. The molecule has 0 aromatic carbocycles. The second kappa shape index (κ2) is 6.76. The summed E-state index contributed by atoms with van der Waals surface area (Å²) in [6, 6.07) is 0.119. The van der Waals surface area contributed by atoms with Gasteiger partial charge in [0.05, 0.1) is 11.8 Å². The van der Waals surface area contributed by atoms with E-state index < -0.39 is 11.9 Å². The molecule has 3 unspecified atom stereocenters. The van der Waals surface area contributed by atoms with Crippen LogP contribution < -0.4 is 5.32 Å². The third-order valence-electron chi connectivity index (χ3n) is 3.63. The SMILES string of the molecule is CC(C)CC(C)NC(=O)C1CCCCC1C(=O)O. The maximum absolute atomic E-state index is 12.1. The third kappa shape index (κ3) is 4.31. The molecule has 0 radical (unpaired) electrons. The van der Waals surface area contributed by atoms with Crippen LogP contribution in [0.3, 0.4) is 0 Å². The van der Waals surface area contributed by atoms with Crippen molar-refractivity contribution in [3.05, 3.63) is 0 Å². The Morgan fingerprint density at radius 3 is 2.22 bits per heavy atom. The standard InChI is InChI=1S/C14H25NO3/c1-9(2)8-10(3)15-13(16)11-6-4-5-7-12(11)14(17)18/h9-12H,4-8H2,1-3H3,(H,15,16)(H,17,18). The van der Waals surface area contributed by atoms with Crippen LogP contribution in [0.5, 0.6) is 0 Å². The molecule has 104 valence electrons. The Morgan fingerprint density at radius 2 is 1.72 bits per heavy atom. The molecule has 2 N–H and O–H groups in total. The predicted octanol–water partition coefficient (Wildman–Crippen LogP) is 2.43. The van der Waals surface area contributed by atoms with Gasteiger partial charge in [0, 0.05) is 6.04 Å². The first-order valence-electron chi connectivity index (χ1n) is 6.95. The number of carboxylic acids is 1. The Balaban J connectivity index is 2.55. The van der Waals surface area contributed by atoms with Gasteiger partial charge in [-0.15, -0.1) is 0 Å². The zero-order valence-corrected chi connectivity index (χ0v) is 11.6. The van der Waals surface area contributed by atoms with Crippen LogP contribution in [0.4, 0.5) is 0 Å². The maximum Gasteiger partial charge on any atom is 0.307 e. The van der Waals surface area contributed by atoms with Gasteiger partial charge in [0.1, 0.15) is 0 Å². The van der Waals surface area contributed by atoms with Gasteiger partial charge in [-0.2, -0.15) is 0 Å².